The number of nitrogens with zero attached hydrogens (tertiary/aromatic N) is 4. The molecule has 1 aromatic heterocycles. The van der Waals surface area contributed by atoms with Gasteiger partial charge in [0.2, 0.25) is 5.82 Å². The fourth-order valence-electron chi connectivity index (χ4n) is 2.31. The van der Waals surface area contributed by atoms with Crippen LogP contribution in [0.1, 0.15) is 11.6 Å². The lowest BCUT2D eigenvalue weighted by atomic mass is 10.2. The van der Waals surface area contributed by atoms with Crippen LogP contribution in [-0.4, -0.2) is 21.3 Å². The molecule has 0 atom stereocenters. The Morgan fingerprint density at radius 2 is 1.95 bits per heavy atom. The van der Waals surface area contributed by atoms with E-state index in [2.05, 4.69) is 10.2 Å². The van der Waals surface area contributed by atoms with Crippen molar-refractivity contribution >= 4 is 11.4 Å². The minimum Gasteiger partial charge on any atom is -0.399 e. The van der Waals surface area contributed by atoms with Crippen LogP contribution in [0.25, 0.3) is 0 Å². The highest BCUT2D eigenvalue weighted by Crippen LogP contribution is 2.30. The standard InChI is InChI=1S/C12H12F3N5/c13-12(14,15)11-18-17-10-7-19(4-5-20(10)11)9-3-1-2-8(16)6-9/h1-3,6H,4-5,7,16H2. The smallest absolute Gasteiger partial charge is 0.399 e. The lowest BCUT2D eigenvalue weighted by Crippen LogP contribution is -2.35. The van der Waals surface area contributed by atoms with Gasteiger partial charge in [0.25, 0.3) is 0 Å². The molecule has 0 amide bonds. The number of halogens is 3. The molecule has 0 spiro atoms. The van der Waals surface area contributed by atoms with Crippen LogP contribution in [0.15, 0.2) is 24.3 Å². The molecule has 1 aliphatic heterocycles. The fraction of sp³-hybridized carbons (Fsp3) is 0.333. The molecule has 2 N–H and O–H groups in total. The number of benzene rings is 1. The minimum absolute atomic E-state index is 0.200. The van der Waals surface area contributed by atoms with Crippen molar-refractivity contribution < 1.29 is 13.2 Å². The summed E-state index contributed by atoms with van der Waals surface area (Å²) in [5.74, 6) is -0.620. The summed E-state index contributed by atoms with van der Waals surface area (Å²) in [6.07, 6.45) is -4.47. The number of hydrogen-bond acceptors (Lipinski definition) is 4. The maximum atomic E-state index is 12.7. The lowest BCUT2D eigenvalue weighted by molar-refractivity contribution is -0.147. The predicted octanol–water partition coefficient (Wildman–Crippen LogP) is 1.90. The first-order valence-corrected chi connectivity index (χ1v) is 6.05. The predicted molar refractivity (Wildman–Crippen MR) is 66.9 cm³/mol. The summed E-state index contributed by atoms with van der Waals surface area (Å²) in [5.41, 5.74) is 7.20. The van der Waals surface area contributed by atoms with Crippen LogP contribution in [0.3, 0.4) is 0 Å². The summed E-state index contributed by atoms with van der Waals surface area (Å²) in [6.45, 7) is 0.941. The maximum absolute atomic E-state index is 12.7. The Morgan fingerprint density at radius 1 is 1.15 bits per heavy atom. The number of fused-ring (bicyclic) bond motifs is 1. The molecule has 0 radical (unpaired) electrons. The number of nitrogen functional groups attached to an aromatic ring is 1. The summed E-state index contributed by atoms with van der Waals surface area (Å²) in [4.78, 5) is 1.93. The topological polar surface area (TPSA) is 60.0 Å². The second-order valence-corrected chi connectivity index (χ2v) is 4.61. The van der Waals surface area contributed by atoms with E-state index in [1.54, 1.807) is 12.1 Å². The summed E-state index contributed by atoms with van der Waals surface area (Å²) >= 11 is 0. The molecule has 2 aromatic rings. The highest BCUT2D eigenvalue weighted by Gasteiger charge is 2.39. The summed E-state index contributed by atoms with van der Waals surface area (Å²) < 4.78 is 39.3. The molecule has 106 valence electrons. The second kappa shape index (κ2) is 4.39. The number of nitrogens with two attached hydrogens (primary N) is 1. The van der Waals surface area contributed by atoms with Gasteiger partial charge in [0.15, 0.2) is 5.82 Å². The Balaban J connectivity index is 1.88. The Morgan fingerprint density at radius 3 is 2.65 bits per heavy atom. The Hall–Kier alpha value is -2.25. The van der Waals surface area contributed by atoms with E-state index >= 15 is 0 Å². The van der Waals surface area contributed by atoms with E-state index in [4.69, 9.17) is 5.73 Å². The number of aromatic nitrogens is 3. The molecule has 3 rings (SSSR count). The Labute approximate surface area is 112 Å². The molecule has 0 bridgehead atoms. The van der Waals surface area contributed by atoms with Gasteiger partial charge < -0.3 is 15.2 Å². The van der Waals surface area contributed by atoms with E-state index in [-0.39, 0.29) is 13.1 Å². The highest BCUT2D eigenvalue weighted by molar-refractivity contribution is 5.56. The largest absolute Gasteiger partial charge is 0.451 e. The molecular formula is C12H12F3N5. The number of hydrogen-bond donors (Lipinski definition) is 1. The Kier molecular flexibility index (Phi) is 2.81. The van der Waals surface area contributed by atoms with Crippen LogP contribution in [0.2, 0.25) is 0 Å². The van der Waals surface area contributed by atoms with Gasteiger partial charge >= 0.3 is 6.18 Å². The van der Waals surface area contributed by atoms with Crippen molar-refractivity contribution in [1.82, 2.24) is 14.8 Å². The van der Waals surface area contributed by atoms with Crippen molar-refractivity contribution in [2.24, 2.45) is 0 Å². The van der Waals surface area contributed by atoms with Crippen LogP contribution in [0, 0.1) is 0 Å². The van der Waals surface area contributed by atoms with E-state index in [0.29, 0.717) is 18.1 Å². The number of anilines is 2. The molecule has 8 heteroatoms. The van der Waals surface area contributed by atoms with Crippen molar-refractivity contribution in [3.8, 4) is 0 Å². The van der Waals surface area contributed by atoms with E-state index in [1.807, 2.05) is 17.0 Å². The van der Waals surface area contributed by atoms with Crippen molar-refractivity contribution in [2.75, 3.05) is 17.2 Å². The van der Waals surface area contributed by atoms with Crippen molar-refractivity contribution in [3.05, 3.63) is 35.9 Å². The molecule has 1 aliphatic rings. The zero-order valence-electron chi connectivity index (χ0n) is 10.4. The van der Waals surface area contributed by atoms with E-state index in [0.717, 1.165) is 10.3 Å². The van der Waals surface area contributed by atoms with Gasteiger partial charge in [-0.05, 0) is 18.2 Å². The first-order valence-electron chi connectivity index (χ1n) is 6.05. The SMILES string of the molecule is Nc1cccc(N2CCn3c(nnc3C(F)(F)F)C2)c1. The third-order valence-corrected chi connectivity index (χ3v) is 3.24. The second-order valence-electron chi connectivity index (χ2n) is 4.61. The van der Waals surface area contributed by atoms with Crippen molar-refractivity contribution in [1.29, 1.82) is 0 Å². The number of alkyl halides is 3. The Bertz CT molecular complexity index is 634. The van der Waals surface area contributed by atoms with Gasteiger partial charge in [0, 0.05) is 24.5 Å². The molecule has 0 aliphatic carbocycles. The fourth-order valence-corrected chi connectivity index (χ4v) is 2.31. The third kappa shape index (κ3) is 2.17. The first-order chi connectivity index (χ1) is 9.45. The zero-order chi connectivity index (χ0) is 14.3. The van der Waals surface area contributed by atoms with E-state index < -0.39 is 12.0 Å². The third-order valence-electron chi connectivity index (χ3n) is 3.24. The molecule has 5 nitrogen and oxygen atoms in total. The molecule has 0 saturated carbocycles. The quantitative estimate of drug-likeness (QED) is 0.812. The summed E-state index contributed by atoms with van der Waals surface area (Å²) in [5, 5.41) is 6.89. The van der Waals surface area contributed by atoms with Crippen molar-refractivity contribution in [3.63, 3.8) is 0 Å². The van der Waals surface area contributed by atoms with Crippen LogP contribution in [0.4, 0.5) is 24.5 Å². The van der Waals surface area contributed by atoms with Gasteiger partial charge in [0.05, 0.1) is 6.54 Å². The number of rotatable bonds is 1. The van der Waals surface area contributed by atoms with Gasteiger partial charge in [-0.3, -0.25) is 0 Å². The van der Waals surface area contributed by atoms with E-state index in [9.17, 15) is 13.2 Å². The van der Waals surface area contributed by atoms with Crippen LogP contribution < -0.4 is 10.6 Å². The molecular weight excluding hydrogens is 271 g/mol. The molecule has 1 aromatic carbocycles. The van der Waals surface area contributed by atoms with Gasteiger partial charge in [0.1, 0.15) is 0 Å². The maximum Gasteiger partial charge on any atom is 0.451 e. The molecule has 20 heavy (non-hydrogen) atoms. The minimum atomic E-state index is -4.47. The van der Waals surface area contributed by atoms with Crippen molar-refractivity contribution in [2.45, 2.75) is 19.3 Å². The monoisotopic (exact) mass is 283 g/mol. The van der Waals surface area contributed by atoms with Gasteiger partial charge in [-0.2, -0.15) is 13.2 Å². The average molecular weight is 283 g/mol. The molecule has 0 fully saturated rings. The lowest BCUT2D eigenvalue weighted by Gasteiger charge is -2.29. The van der Waals surface area contributed by atoms with Gasteiger partial charge in [-0.1, -0.05) is 6.07 Å². The normalized spacial score (nSPS) is 15.2. The molecule has 0 saturated heterocycles. The van der Waals surface area contributed by atoms with Gasteiger partial charge in [-0.25, -0.2) is 0 Å². The average Bonchev–Trinajstić information content (AvgIpc) is 2.81. The van der Waals surface area contributed by atoms with Crippen LogP contribution >= 0.6 is 0 Å². The first kappa shape index (κ1) is 12.8. The summed E-state index contributed by atoms with van der Waals surface area (Å²) in [7, 11) is 0. The van der Waals surface area contributed by atoms with E-state index in [1.165, 1.54) is 0 Å². The zero-order valence-corrected chi connectivity index (χ0v) is 10.4. The summed E-state index contributed by atoms with van der Waals surface area (Å²) in [6, 6.07) is 7.23. The van der Waals surface area contributed by atoms with Crippen LogP contribution in [-0.2, 0) is 19.3 Å². The molecule has 0 unspecified atom stereocenters. The van der Waals surface area contributed by atoms with Gasteiger partial charge in [-0.15, -0.1) is 10.2 Å². The van der Waals surface area contributed by atoms with Crippen LogP contribution in [0.5, 0.6) is 0 Å². The molecule has 2 heterocycles. The highest BCUT2D eigenvalue weighted by atomic mass is 19.4.